The maximum absolute atomic E-state index is 13.1. The highest BCUT2D eigenvalue weighted by Gasteiger charge is 2.22. The van der Waals surface area contributed by atoms with Crippen molar-refractivity contribution in [1.29, 1.82) is 0 Å². The van der Waals surface area contributed by atoms with Crippen molar-refractivity contribution in [2.24, 2.45) is 0 Å². The predicted octanol–water partition coefficient (Wildman–Crippen LogP) is 3.87. The van der Waals surface area contributed by atoms with Gasteiger partial charge in [-0.2, -0.15) is 0 Å². The number of esters is 1. The van der Waals surface area contributed by atoms with E-state index in [9.17, 15) is 14.0 Å². The Labute approximate surface area is 165 Å². The standard InChI is InChI=1S/C19H18FNO4S2/c20-13-4-3-5-14(10-13)21-17(22)11-25-18(23)12-24-16-7-2-1-6-15(16)19-26-8-9-27-19/h1-7,10,19H,8-9,11-12H2,(H,21,22). The Bertz CT molecular complexity index is 812. The summed E-state index contributed by atoms with van der Waals surface area (Å²) >= 11 is 3.69. The molecule has 2 aromatic carbocycles. The number of nitrogens with one attached hydrogen (secondary N) is 1. The summed E-state index contributed by atoms with van der Waals surface area (Å²) in [6.07, 6.45) is 0. The number of hydrogen-bond acceptors (Lipinski definition) is 6. The van der Waals surface area contributed by atoms with Gasteiger partial charge in [0.15, 0.2) is 13.2 Å². The lowest BCUT2D eigenvalue weighted by Gasteiger charge is -2.14. The third kappa shape index (κ3) is 5.90. The van der Waals surface area contributed by atoms with Gasteiger partial charge in [-0.3, -0.25) is 4.79 Å². The van der Waals surface area contributed by atoms with Gasteiger partial charge in [0.25, 0.3) is 5.91 Å². The summed E-state index contributed by atoms with van der Waals surface area (Å²) in [5.41, 5.74) is 1.34. The Morgan fingerprint density at radius 1 is 1.07 bits per heavy atom. The third-order valence-electron chi connectivity index (χ3n) is 3.61. The lowest BCUT2D eigenvalue weighted by Crippen LogP contribution is -2.23. The number of ether oxygens (including phenoxy) is 2. The first-order chi connectivity index (χ1) is 13.1. The fourth-order valence-electron chi connectivity index (χ4n) is 2.43. The number of amides is 1. The zero-order chi connectivity index (χ0) is 19.1. The van der Waals surface area contributed by atoms with Crippen LogP contribution in [0.3, 0.4) is 0 Å². The van der Waals surface area contributed by atoms with Crippen LogP contribution >= 0.6 is 23.5 Å². The Hall–Kier alpha value is -2.19. The van der Waals surface area contributed by atoms with Crippen molar-refractivity contribution < 1.29 is 23.5 Å². The van der Waals surface area contributed by atoms with Gasteiger partial charge in [-0.1, -0.05) is 24.3 Å². The molecule has 0 bridgehead atoms. The normalized spacial score (nSPS) is 14.0. The second-order valence-electron chi connectivity index (χ2n) is 5.62. The van der Waals surface area contributed by atoms with Gasteiger partial charge in [0, 0.05) is 22.8 Å². The predicted molar refractivity (Wildman–Crippen MR) is 106 cm³/mol. The molecule has 5 nitrogen and oxygen atoms in total. The highest BCUT2D eigenvalue weighted by Crippen LogP contribution is 2.48. The molecule has 3 rings (SSSR count). The van der Waals surface area contributed by atoms with E-state index in [1.165, 1.54) is 18.2 Å². The fourth-order valence-corrected chi connectivity index (χ4v) is 5.34. The molecule has 0 saturated carbocycles. The largest absolute Gasteiger partial charge is 0.482 e. The van der Waals surface area contributed by atoms with Gasteiger partial charge in [0.1, 0.15) is 11.6 Å². The SMILES string of the molecule is O=C(COC(=O)COc1ccccc1C1SCCS1)Nc1cccc(F)c1. The zero-order valence-electron chi connectivity index (χ0n) is 14.4. The average Bonchev–Trinajstić information content (AvgIpc) is 3.19. The molecule has 2 aromatic rings. The summed E-state index contributed by atoms with van der Waals surface area (Å²) in [7, 11) is 0. The number of carbonyl (C=O) groups is 2. The summed E-state index contributed by atoms with van der Waals surface area (Å²) in [4.78, 5) is 23.6. The molecule has 8 heteroatoms. The van der Waals surface area contributed by atoms with Gasteiger partial charge in [0.05, 0.1) is 4.58 Å². The van der Waals surface area contributed by atoms with Gasteiger partial charge < -0.3 is 14.8 Å². The van der Waals surface area contributed by atoms with Crippen molar-refractivity contribution in [1.82, 2.24) is 0 Å². The smallest absolute Gasteiger partial charge is 0.344 e. The highest BCUT2D eigenvalue weighted by molar-refractivity contribution is 8.19. The lowest BCUT2D eigenvalue weighted by molar-refractivity contribution is -0.149. The maximum Gasteiger partial charge on any atom is 0.344 e. The molecule has 0 atom stereocenters. The van der Waals surface area contributed by atoms with E-state index in [-0.39, 0.29) is 6.61 Å². The molecule has 1 saturated heterocycles. The summed E-state index contributed by atoms with van der Waals surface area (Å²) in [6.45, 7) is -0.749. The number of rotatable bonds is 7. The summed E-state index contributed by atoms with van der Waals surface area (Å²) < 4.78 is 23.9. The quantitative estimate of drug-likeness (QED) is 0.703. The van der Waals surface area contributed by atoms with Crippen molar-refractivity contribution in [2.75, 3.05) is 30.0 Å². The van der Waals surface area contributed by atoms with Crippen LogP contribution in [0.5, 0.6) is 5.75 Å². The second kappa shape index (κ2) is 9.66. The van der Waals surface area contributed by atoms with E-state index >= 15 is 0 Å². The van der Waals surface area contributed by atoms with E-state index < -0.39 is 24.3 Å². The molecule has 0 unspecified atom stereocenters. The molecular weight excluding hydrogens is 389 g/mol. The Balaban J connectivity index is 1.45. The van der Waals surface area contributed by atoms with Crippen LogP contribution < -0.4 is 10.1 Å². The first-order valence-electron chi connectivity index (χ1n) is 8.28. The van der Waals surface area contributed by atoms with Gasteiger partial charge in [-0.25, -0.2) is 9.18 Å². The van der Waals surface area contributed by atoms with E-state index in [2.05, 4.69) is 5.32 Å². The topological polar surface area (TPSA) is 64.6 Å². The van der Waals surface area contributed by atoms with Crippen LogP contribution in [-0.4, -0.2) is 36.6 Å². The molecule has 0 spiro atoms. The van der Waals surface area contributed by atoms with E-state index in [1.807, 2.05) is 47.8 Å². The summed E-state index contributed by atoms with van der Waals surface area (Å²) in [5, 5.41) is 2.46. The molecule has 0 aliphatic carbocycles. The minimum absolute atomic E-state index is 0.285. The second-order valence-corrected chi connectivity index (χ2v) is 8.34. The zero-order valence-corrected chi connectivity index (χ0v) is 16.0. The molecule has 0 aromatic heterocycles. The molecule has 27 heavy (non-hydrogen) atoms. The molecule has 1 aliphatic rings. The van der Waals surface area contributed by atoms with Crippen LogP contribution in [0.15, 0.2) is 48.5 Å². The molecule has 0 radical (unpaired) electrons. The van der Waals surface area contributed by atoms with Gasteiger partial charge in [-0.15, -0.1) is 23.5 Å². The number of carbonyl (C=O) groups excluding carboxylic acids is 2. The molecule has 1 heterocycles. The average molecular weight is 407 g/mol. The van der Waals surface area contributed by atoms with Crippen molar-refractivity contribution in [3.05, 3.63) is 59.9 Å². The monoisotopic (exact) mass is 407 g/mol. The van der Waals surface area contributed by atoms with E-state index in [4.69, 9.17) is 9.47 Å². The van der Waals surface area contributed by atoms with Crippen molar-refractivity contribution >= 4 is 41.1 Å². The first-order valence-corrected chi connectivity index (χ1v) is 10.4. The van der Waals surface area contributed by atoms with Crippen LogP contribution in [-0.2, 0) is 14.3 Å². The maximum atomic E-state index is 13.1. The van der Waals surface area contributed by atoms with Gasteiger partial charge in [-0.05, 0) is 24.3 Å². The number of anilines is 1. The molecule has 1 aliphatic heterocycles. The van der Waals surface area contributed by atoms with Crippen molar-refractivity contribution in [2.45, 2.75) is 4.58 Å². The molecule has 1 N–H and O–H groups in total. The van der Waals surface area contributed by atoms with Crippen LogP contribution in [0.4, 0.5) is 10.1 Å². The molecule has 1 amide bonds. The first kappa shape index (κ1) is 19.6. The molecular formula is C19H18FNO4S2. The van der Waals surface area contributed by atoms with Gasteiger partial charge in [0.2, 0.25) is 0 Å². The third-order valence-corrected chi connectivity index (χ3v) is 6.68. The van der Waals surface area contributed by atoms with Crippen molar-refractivity contribution in [3.63, 3.8) is 0 Å². The lowest BCUT2D eigenvalue weighted by atomic mass is 10.2. The number of benzene rings is 2. The Kier molecular flexibility index (Phi) is 7.00. The number of para-hydroxylation sites is 1. The highest BCUT2D eigenvalue weighted by atomic mass is 32.2. The Morgan fingerprint density at radius 3 is 2.63 bits per heavy atom. The fraction of sp³-hybridized carbons (Fsp3) is 0.263. The van der Waals surface area contributed by atoms with E-state index in [0.29, 0.717) is 16.0 Å². The minimum Gasteiger partial charge on any atom is -0.482 e. The van der Waals surface area contributed by atoms with Crippen LogP contribution in [0, 0.1) is 5.82 Å². The summed E-state index contributed by atoms with van der Waals surface area (Å²) in [5.74, 6) is 1.16. The number of thioether (sulfide) groups is 2. The Morgan fingerprint density at radius 2 is 1.85 bits per heavy atom. The van der Waals surface area contributed by atoms with Gasteiger partial charge >= 0.3 is 5.97 Å². The number of hydrogen-bond donors (Lipinski definition) is 1. The van der Waals surface area contributed by atoms with Crippen LogP contribution in [0.25, 0.3) is 0 Å². The minimum atomic E-state index is -0.647. The van der Waals surface area contributed by atoms with E-state index in [1.54, 1.807) is 6.07 Å². The molecule has 1 fully saturated rings. The summed E-state index contributed by atoms with van der Waals surface area (Å²) in [6, 6.07) is 13.1. The van der Waals surface area contributed by atoms with E-state index in [0.717, 1.165) is 17.1 Å². The van der Waals surface area contributed by atoms with Crippen molar-refractivity contribution in [3.8, 4) is 5.75 Å². The van der Waals surface area contributed by atoms with Crippen LogP contribution in [0.1, 0.15) is 10.1 Å². The van der Waals surface area contributed by atoms with Crippen LogP contribution in [0.2, 0.25) is 0 Å². The molecule has 142 valence electrons. The number of halogens is 1.